The third-order valence-corrected chi connectivity index (χ3v) is 8.67. The molecule has 0 bridgehead atoms. The molecule has 0 aliphatic carbocycles. The number of rotatable bonds is 13. The molecule has 0 radical (unpaired) electrons. The van der Waals surface area contributed by atoms with Crippen molar-refractivity contribution in [1.82, 2.24) is 10.2 Å². The standard InChI is InChI=1S/C29H32Cl2FN3O4S/c1-3-5-17-33-29(37)27(4-2)34(19-21-11-12-22(30)18-26(21)31)28(36)20-35(24-9-7-6-8-10-24)40(38,39)25-15-13-23(32)14-16-25/h6-16,18,27H,3-5,17,19-20H2,1-2H3,(H,33,37)/t27-/m0/s1. The molecule has 0 spiro atoms. The lowest BCUT2D eigenvalue weighted by molar-refractivity contribution is -0.140. The Hall–Kier alpha value is -3.14. The number of hydrogen-bond acceptors (Lipinski definition) is 4. The van der Waals surface area contributed by atoms with E-state index in [-0.39, 0.29) is 29.5 Å². The van der Waals surface area contributed by atoms with Crippen LogP contribution in [0, 0.1) is 5.82 Å². The smallest absolute Gasteiger partial charge is 0.264 e. The molecule has 2 amide bonds. The van der Waals surface area contributed by atoms with E-state index in [4.69, 9.17) is 23.2 Å². The summed E-state index contributed by atoms with van der Waals surface area (Å²) in [5, 5.41) is 3.60. The van der Waals surface area contributed by atoms with Crippen LogP contribution < -0.4 is 9.62 Å². The van der Waals surface area contributed by atoms with Crippen LogP contribution in [0.25, 0.3) is 0 Å². The van der Waals surface area contributed by atoms with Gasteiger partial charge in [0, 0.05) is 23.1 Å². The molecule has 214 valence electrons. The molecule has 0 heterocycles. The third-order valence-electron chi connectivity index (χ3n) is 6.30. The van der Waals surface area contributed by atoms with Crippen molar-refractivity contribution in [2.75, 3.05) is 17.4 Å². The summed E-state index contributed by atoms with van der Waals surface area (Å²) in [5.74, 6) is -1.55. The van der Waals surface area contributed by atoms with Crippen LogP contribution in [-0.2, 0) is 26.2 Å². The van der Waals surface area contributed by atoms with E-state index in [1.165, 1.54) is 4.90 Å². The topological polar surface area (TPSA) is 86.8 Å². The molecule has 3 aromatic carbocycles. The van der Waals surface area contributed by atoms with Crippen molar-refractivity contribution < 1.29 is 22.4 Å². The molecule has 0 aliphatic rings. The SMILES string of the molecule is CCCCNC(=O)[C@H](CC)N(Cc1ccc(Cl)cc1Cl)C(=O)CN(c1ccccc1)S(=O)(=O)c1ccc(F)cc1. The number of nitrogens with zero attached hydrogens (tertiary/aromatic N) is 2. The highest BCUT2D eigenvalue weighted by molar-refractivity contribution is 7.92. The number of carbonyl (C=O) groups is 2. The van der Waals surface area contributed by atoms with Crippen LogP contribution in [0.5, 0.6) is 0 Å². The number of carbonyl (C=O) groups excluding carboxylic acids is 2. The minimum Gasteiger partial charge on any atom is -0.354 e. The maximum Gasteiger partial charge on any atom is 0.264 e. The molecule has 0 saturated heterocycles. The minimum atomic E-state index is -4.28. The van der Waals surface area contributed by atoms with Crippen molar-refractivity contribution in [1.29, 1.82) is 0 Å². The van der Waals surface area contributed by atoms with Gasteiger partial charge in [0.25, 0.3) is 10.0 Å². The minimum absolute atomic E-state index is 0.0479. The number of sulfonamides is 1. The first-order chi connectivity index (χ1) is 19.1. The van der Waals surface area contributed by atoms with Gasteiger partial charge in [-0.1, -0.05) is 67.7 Å². The lowest BCUT2D eigenvalue weighted by atomic mass is 10.1. The molecular weight excluding hydrogens is 576 g/mol. The predicted molar refractivity (Wildman–Crippen MR) is 156 cm³/mol. The molecule has 0 aromatic heterocycles. The molecule has 0 saturated carbocycles. The molecule has 0 fully saturated rings. The summed E-state index contributed by atoms with van der Waals surface area (Å²) in [6, 6.07) is 16.5. The summed E-state index contributed by atoms with van der Waals surface area (Å²) < 4.78 is 42.0. The van der Waals surface area contributed by atoms with Crippen molar-refractivity contribution >= 4 is 50.7 Å². The van der Waals surface area contributed by atoms with Gasteiger partial charge < -0.3 is 10.2 Å². The number of unbranched alkanes of at least 4 members (excludes halogenated alkanes) is 1. The fourth-order valence-electron chi connectivity index (χ4n) is 4.12. The van der Waals surface area contributed by atoms with Gasteiger partial charge in [-0.05, 0) is 66.9 Å². The summed E-state index contributed by atoms with van der Waals surface area (Å²) >= 11 is 12.5. The second kappa shape index (κ2) is 14.5. The van der Waals surface area contributed by atoms with Crippen LogP contribution >= 0.6 is 23.2 Å². The molecule has 40 heavy (non-hydrogen) atoms. The van der Waals surface area contributed by atoms with Gasteiger partial charge in [-0.2, -0.15) is 0 Å². The molecular formula is C29H32Cl2FN3O4S. The molecule has 1 atom stereocenters. The van der Waals surface area contributed by atoms with Crippen molar-refractivity contribution in [2.45, 2.75) is 50.6 Å². The number of para-hydroxylation sites is 1. The first kappa shape index (κ1) is 31.4. The Balaban J connectivity index is 2.03. The molecule has 0 aliphatic heterocycles. The normalized spacial score (nSPS) is 12.0. The quantitative estimate of drug-likeness (QED) is 0.240. The first-order valence-corrected chi connectivity index (χ1v) is 15.1. The highest BCUT2D eigenvalue weighted by Crippen LogP contribution is 2.27. The Kier molecular flexibility index (Phi) is 11.4. The number of nitrogens with one attached hydrogen (secondary N) is 1. The predicted octanol–water partition coefficient (Wildman–Crippen LogP) is 6.05. The van der Waals surface area contributed by atoms with Crippen LogP contribution in [0.15, 0.2) is 77.7 Å². The Morgan fingerprint density at radius 1 is 0.975 bits per heavy atom. The number of anilines is 1. The van der Waals surface area contributed by atoms with E-state index >= 15 is 0 Å². The molecule has 0 unspecified atom stereocenters. The van der Waals surface area contributed by atoms with Crippen LogP contribution in [0.3, 0.4) is 0 Å². The fourth-order valence-corrected chi connectivity index (χ4v) is 6.00. The van der Waals surface area contributed by atoms with Gasteiger partial charge in [0.15, 0.2) is 0 Å². The van der Waals surface area contributed by atoms with E-state index in [0.29, 0.717) is 22.2 Å². The number of halogens is 3. The zero-order valence-electron chi connectivity index (χ0n) is 22.3. The number of benzene rings is 3. The van der Waals surface area contributed by atoms with Gasteiger partial charge >= 0.3 is 0 Å². The van der Waals surface area contributed by atoms with Gasteiger partial charge in [-0.3, -0.25) is 13.9 Å². The second-order valence-electron chi connectivity index (χ2n) is 9.13. The zero-order valence-corrected chi connectivity index (χ0v) is 24.6. The highest BCUT2D eigenvalue weighted by atomic mass is 35.5. The number of amides is 2. The van der Waals surface area contributed by atoms with Gasteiger partial charge in [-0.25, -0.2) is 12.8 Å². The highest BCUT2D eigenvalue weighted by Gasteiger charge is 2.33. The van der Waals surface area contributed by atoms with E-state index in [1.807, 2.05) is 6.92 Å². The van der Waals surface area contributed by atoms with Gasteiger partial charge in [0.05, 0.1) is 10.6 Å². The lowest BCUT2D eigenvalue weighted by Gasteiger charge is -2.33. The van der Waals surface area contributed by atoms with E-state index < -0.39 is 34.3 Å². The summed E-state index contributed by atoms with van der Waals surface area (Å²) in [7, 11) is -4.28. The van der Waals surface area contributed by atoms with Crippen LogP contribution in [-0.4, -0.2) is 44.3 Å². The number of hydrogen-bond donors (Lipinski definition) is 1. The van der Waals surface area contributed by atoms with Crippen LogP contribution in [0.1, 0.15) is 38.7 Å². The Morgan fingerprint density at radius 3 is 2.25 bits per heavy atom. The first-order valence-electron chi connectivity index (χ1n) is 12.9. The molecule has 3 aromatic rings. The van der Waals surface area contributed by atoms with Gasteiger partial charge in [0.1, 0.15) is 18.4 Å². The maximum absolute atomic E-state index is 14.0. The maximum atomic E-state index is 14.0. The van der Waals surface area contributed by atoms with Crippen molar-refractivity contribution in [2.24, 2.45) is 0 Å². The fraction of sp³-hybridized carbons (Fsp3) is 0.310. The summed E-state index contributed by atoms with van der Waals surface area (Å²) in [4.78, 5) is 28.4. The Bertz CT molecular complexity index is 1410. The van der Waals surface area contributed by atoms with Gasteiger partial charge in [-0.15, -0.1) is 0 Å². The lowest BCUT2D eigenvalue weighted by Crippen LogP contribution is -2.52. The Labute approximate surface area is 244 Å². The van der Waals surface area contributed by atoms with E-state index in [1.54, 1.807) is 55.5 Å². The average molecular weight is 609 g/mol. The van der Waals surface area contributed by atoms with E-state index in [2.05, 4.69) is 5.32 Å². The van der Waals surface area contributed by atoms with Crippen LogP contribution in [0.4, 0.5) is 10.1 Å². The summed E-state index contributed by atoms with van der Waals surface area (Å²) in [6.07, 6.45) is 1.94. The van der Waals surface area contributed by atoms with Crippen molar-refractivity contribution in [3.8, 4) is 0 Å². The van der Waals surface area contributed by atoms with E-state index in [9.17, 15) is 22.4 Å². The Morgan fingerprint density at radius 2 is 1.65 bits per heavy atom. The van der Waals surface area contributed by atoms with Crippen molar-refractivity contribution in [3.05, 3.63) is 94.2 Å². The average Bonchev–Trinajstić information content (AvgIpc) is 2.93. The molecule has 11 heteroatoms. The summed E-state index contributed by atoms with van der Waals surface area (Å²) in [6.45, 7) is 3.58. The van der Waals surface area contributed by atoms with Crippen LogP contribution in [0.2, 0.25) is 10.0 Å². The largest absolute Gasteiger partial charge is 0.354 e. The van der Waals surface area contributed by atoms with Crippen molar-refractivity contribution in [3.63, 3.8) is 0 Å². The molecule has 7 nitrogen and oxygen atoms in total. The van der Waals surface area contributed by atoms with E-state index in [0.717, 1.165) is 41.4 Å². The molecule has 3 rings (SSSR count). The molecule has 1 N–H and O–H groups in total. The second-order valence-corrected chi connectivity index (χ2v) is 11.8. The van der Waals surface area contributed by atoms with Gasteiger partial charge in [0.2, 0.25) is 11.8 Å². The summed E-state index contributed by atoms with van der Waals surface area (Å²) in [5.41, 5.74) is 0.789. The monoisotopic (exact) mass is 607 g/mol. The third kappa shape index (κ3) is 7.96. The zero-order chi connectivity index (χ0) is 29.3.